The van der Waals surface area contributed by atoms with Gasteiger partial charge in [-0.2, -0.15) is 0 Å². The van der Waals surface area contributed by atoms with Crippen LogP contribution in [0.15, 0.2) is 65.5 Å². The van der Waals surface area contributed by atoms with E-state index in [0.717, 1.165) is 28.8 Å². The second-order valence-corrected chi connectivity index (χ2v) is 8.74. The monoisotopic (exact) mass is 429 g/mol. The lowest BCUT2D eigenvalue weighted by atomic mass is 9.83. The molecule has 5 rings (SSSR count). The smallest absolute Gasteiger partial charge is 0.321 e. The average molecular weight is 430 g/mol. The Morgan fingerprint density at radius 1 is 0.969 bits per heavy atom. The van der Waals surface area contributed by atoms with Crippen LogP contribution < -0.4 is 15.6 Å². The number of aryl methyl sites for hydroxylation is 1. The molecule has 0 radical (unpaired) electrons. The molecule has 2 aromatic carbocycles. The van der Waals surface area contributed by atoms with Crippen molar-refractivity contribution in [2.24, 2.45) is 5.92 Å². The van der Waals surface area contributed by atoms with Gasteiger partial charge >= 0.3 is 6.03 Å². The number of pyridine rings is 1. The zero-order valence-corrected chi connectivity index (χ0v) is 18.4. The first-order valence-corrected chi connectivity index (χ1v) is 11.0. The number of carbonyl (C=O) groups excluding carboxylic acids is 1. The normalized spacial score (nSPS) is 19.2. The van der Waals surface area contributed by atoms with Crippen LogP contribution in [0.4, 0.5) is 10.5 Å². The fourth-order valence-electron chi connectivity index (χ4n) is 5.13. The average Bonchev–Trinajstić information content (AvgIpc) is 2.80. The zero-order valence-electron chi connectivity index (χ0n) is 18.4. The highest BCUT2D eigenvalue weighted by Gasteiger charge is 2.37. The number of ether oxygens (including phenoxy) is 1. The van der Waals surface area contributed by atoms with Crippen LogP contribution >= 0.6 is 0 Å². The molecule has 1 aromatic heterocycles. The van der Waals surface area contributed by atoms with Crippen molar-refractivity contribution in [3.63, 3.8) is 0 Å². The number of para-hydroxylation sites is 2. The molecular weight excluding hydrogens is 402 g/mol. The number of carbonyl (C=O) groups is 1. The molecule has 1 saturated heterocycles. The predicted octanol–water partition coefficient (Wildman–Crippen LogP) is 4.48. The highest BCUT2D eigenvalue weighted by molar-refractivity contribution is 5.91. The number of fused-ring (bicyclic) bond motifs is 4. The maximum absolute atomic E-state index is 13.4. The van der Waals surface area contributed by atoms with Crippen LogP contribution in [0.25, 0.3) is 11.1 Å². The van der Waals surface area contributed by atoms with Crippen LogP contribution in [0.5, 0.6) is 5.75 Å². The van der Waals surface area contributed by atoms with Gasteiger partial charge in [-0.25, -0.2) is 4.79 Å². The van der Waals surface area contributed by atoms with E-state index in [0.29, 0.717) is 31.1 Å². The van der Waals surface area contributed by atoms with Gasteiger partial charge in [-0.05, 0) is 54.7 Å². The number of urea groups is 1. The van der Waals surface area contributed by atoms with Crippen molar-refractivity contribution in [2.75, 3.05) is 25.5 Å². The summed E-state index contributed by atoms with van der Waals surface area (Å²) in [6.45, 7) is 3.91. The van der Waals surface area contributed by atoms with E-state index >= 15 is 0 Å². The summed E-state index contributed by atoms with van der Waals surface area (Å²) in [5.41, 5.74) is 4.59. The minimum atomic E-state index is -0.128. The van der Waals surface area contributed by atoms with Gasteiger partial charge in [0.1, 0.15) is 5.75 Å². The number of hydrogen-bond acceptors (Lipinski definition) is 3. The number of nitrogens with one attached hydrogen (secondary N) is 1. The van der Waals surface area contributed by atoms with Crippen LogP contribution in [0.1, 0.15) is 23.6 Å². The molecule has 0 aliphatic carbocycles. The van der Waals surface area contributed by atoms with E-state index in [2.05, 4.69) is 11.4 Å². The molecule has 0 spiro atoms. The van der Waals surface area contributed by atoms with Crippen molar-refractivity contribution < 1.29 is 9.53 Å². The molecule has 1 fully saturated rings. The molecular formula is C26H27N3O3. The van der Waals surface area contributed by atoms with E-state index in [1.807, 2.05) is 71.0 Å². The van der Waals surface area contributed by atoms with Crippen molar-refractivity contribution in [3.8, 4) is 16.9 Å². The number of anilines is 1. The summed E-state index contributed by atoms with van der Waals surface area (Å²) in [6.07, 6.45) is 1.00. The number of nitrogens with zero attached hydrogens (tertiary/aromatic N) is 2. The first-order valence-electron chi connectivity index (χ1n) is 11.0. The summed E-state index contributed by atoms with van der Waals surface area (Å²) in [5, 5.41) is 2.99. The molecule has 2 aliphatic rings. The Balaban J connectivity index is 1.40. The van der Waals surface area contributed by atoms with E-state index in [1.54, 1.807) is 7.11 Å². The van der Waals surface area contributed by atoms with Gasteiger partial charge in [0.2, 0.25) is 0 Å². The Kier molecular flexibility index (Phi) is 5.21. The Hall–Kier alpha value is -3.54. The number of methoxy groups -OCH3 is 1. The zero-order chi connectivity index (χ0) is 22.2. The minimum Gasteiger partial charge on any atom is -0.495 e. The van der Waals surface area contributed by atoms with E-state index in [-0.39, 0.29) is 23.4 Å². The third-order valence-corrected chi connectivity index (χ3v) is 6.68. The van der Waals surface area contributed by atoms with Gasteiger partial charge in [0.15, 0.2) is 0 Å². The maximum Gasteiger partial charge on any atom is 0.321 e. The molecule has 2 amide bonds. The molecule has 6 nitrogen and oxygen atoms in total. The predicted molar refractivity (Wildman–Crippen MR) is 125 cm³/mol. The molecule has 2 bridgehead atoms. The highest BCUT2D eigenvalue weighted by atomic mass is 16.5. The van der Waals surface area contributed by atoms with Gasteiger partial charge in [-0.1, -0.05) is 36.4 Å². The van der Waals surface area contributed by atoms with Gasteiger partial charge in [0, 0.05) is 36.8 Å². The summed E-state index contributed by atoms with van der Waals surface area (Å²) in [7, 11) is 1.59. The second-order valence-electron chi connectivity index (χ2n) is 8.74. The molecule has 2 aliphatic heterocycles. The molecule has 6 heteroatoms. The lowest BCUT2D eigenvalue weighted by molar-refractivity contribution is 0.139. The Morgan fingerprint density at radius 2 is 1.75 bits per heavy atom. The molecule has 1 N–H and O–H groups in total. The van der Waals surface area contributed by atoms with Gasteiger partial charge in [-0.3, -0.25) is 4.79 Å². The standard InChI is InChI=1S/C26H27N3O3/c1-17-7-3-4-8-20(17)21-11-12-23-19-13-18(15-29(23)25(21)30)14-28(16-19)26(31)27-22-9-5-6-10-24(22)32-2/h3-12,18-19H,13-16H2,1-2H3,(H,27,31). The number of amides is 2. The quantitative estimate of drug-likeness (QED) is 0.668. The third-order valence-electron chi connectivity index (χ3n) is 6.68. The van der Waals surface area contributed by atoms with E-state index in [9.17, 15) is 9.59 Å². The first kappa shape index (κ1) is 20.4. The number of hydrogen-bond donors (Lipinski definition) is 1. The number of aromatic nitrogens is 1. The number of rotatable bonds is 3. The molecule has 2 atom stereocenters. The second kappa shape index (κ2) is 8.19. The van der Waals surface area contributed by atoms with Crippen molar-refractivity contribution in [1.82, 2.24) is 9.47 Å². The number of benzene rings is 2. The van der Waals surface area contributed by atoms with Crippen molar-refractivity contribution in [1.29, 1.82) is 0 Å². The van der Waals surface area contributed by atoms with Crippen LogP contribution in [-0.4, -0.2) is 35.7 Å². The topological polar surface area (TPSA) is 63.6 Å². The largest absolute Gasteiger partial charge is 0.495 e. The Bertz CT molecular complexity index is 1230. The minimum absolute atomic E-state index is 0.0680. The summed E-state index contributed by atoms with van der Waals surface area (Å²) >= 11 is 0. The maximum atomic E-state index is 13.4. The van der Waals surface area contributed by atoms with Crippen molar-refractivity contribution in [3.05, 3.63) is 82.3 Å². The van der Waals surface area contributed by atoms with Crippen LogP contribution in [0.2, 0.25) is 0 Å². The van der Waals surface area contributed by atoms with Gasteiger partial charge in [0.05, 0.1) is 12.8 Å². The SMILES string of the molecule is COc1ccccc1NC(=O)N1CC2CC(C1)c1ccc(-c3ccccc3C)c(=O)n1C2. The summed E-state index contributed by atoms with van der Waals surface area (Å²) in [6, 6.07) is 19.3. The molecule has 3 aromatic rings. The van der Waals surface area contributed by atoms with Gasteiger partial charge < -0.3 is 19.5 Å². The van der Waals surface area contributed by atoms with E-state index in [4.69, 9.17) is 4.74 Å². The number of likely N-dealkylation sites (tertiary alicyclic amines) is 1. The van der Waals surface area contributed by atoms with Crippen molar-refractivity contribution in [2.45, 2.75) is 25.8 Å². The molecule has 164 valence electrons. The number of piperidine rings is 1. The van der Waals surface area contributed by atoms with Gasteiger partial charge in [0.25, 0.3) is 5.56 Å². The van der Waals surface area contributed by atoms with Crippen LogP contribution in [0, 0.1) is 12.8 Å². The lowest BCUT2D eigenvalue weighted by Gasteiger charge is -2.42. The molecule has 3 heterocycles. The van der Waals surface area contributed by atoms with Crippen LogP contribution in [0.3, 0.4) is 0 Å². The van der Waals surface area contributed by atoms with E-state index < -0.39 is 0 Å². The summed E-state index contributed by atoms with van der Waals surface area (Å²) in [4.78, 5) is 28.3. The molecule has 2 unspecified atom stereocenters. The fraction of sp³-hybridized carbons (Fsp3) is 0.308. The highest BCUT2D eigenvalue weighted by Crippen LogP contribution is 2.36. The van der Waals surface area contributed by atoms with E-state index in [1.165, 1.54) is 0 Å². The Labute approximate surface area is 187 Å². The summed E-state index contributed by atoms with van der Waals surface area (Å²) in [5.74, 6) is 1.05. The molecule has 32 heavy (non-hydrogen) atoms. The first-order chi connectivity index (χ1) is 15.5. The third kappa shape index (κ3) is 3.55. The van der Waals surface area contributed by atoms with Crippen LogP contribution in [-0.2, 0) is 6.54 Å². The fourth-order valence-corrected chi connectivity index (χ4v) is 5.13. The molecule has 0 saturated carbocycles. The van der Waals surface area contributed by atoms with Crippen molar-refractivity contribution >= 4 is 11.7 Å². The van der Waals surface area contributed by atoms with Gasteiger partial charge in [-0.15, -0.1) is 0 Å². The summed E-state index contributed by atoms with van der Waals surface area (Å²) < 4.78 is 7.29. The Morgan fingerprint density at radius 3 is 2.56 bits per heavy atom. The lowest BCUT2D eigenvalue weighted by Crippen LogP contribution is -2.50.